The average molecular weight is 665 g/mol. The molecule has 0 amide bonds. The molecule has 0 aromatic rings. The third-order valence-corrected chi connectivity index (χ3v) is 5.90. The SMILES string of the molecule is C=CC(=O)OCCCCO/C(C=C)=C/C=C(\C)C(=O)OC(=C)/C=C\C(=C\C)OC(=O)/C(=C/C=C(\C=C)OCCCCOC(=O)C=C)CC. The summed E-state index contributed by atoms with van der Waals surface area (Å²) in [5, 5.41) is 0. The average Bonchev–Trinajstić information content (AvgIpc) is 3.09. The number of carbonyl (C=O) groups excluding carboxylic acids is 4. The van der Waals surface area contributed by atoms with Gasteiger partial charge in [0.25, 0.3) is 0 Å². The molecule has 0 aromatic carbocycles. The highest BCUT2D eigenvalue weighted by atomic mass is 16.5. The van der Waals surface area contributed by atoms with Crippen molar-refractivity contribution in [2.45, 2.75) is 52.9 Å². The van der Waals surface area contributed by atoms with Gasteiger partial charge in [-0.3, -0.25) is 0 Å². The first-order valence-electron chi connectivity index (χ1n) is 15.4. The van der Waals surface area contributed by atoms with Crippen LogP contribution in [0.4, 0.5) is 0 Å². The zero-order chi connectivity index (χ0) is 36.2. The summed E-state index contributed by atoms with van der Waals surface area (Å²) >= 11 is 0. The Labute approximate surface area is 284 Å². The molecule has 48 heavy (non-hydrogen) atoms. The largest absolute Gasteiger partial charge is 0.494 e. The molecule has 0 spiro atoms. The molecule has 0 N–H and O–H groups in total. The minimum atomic E-state index is -0.633. The molecular formula is C38H48O10. The van der Waals surface area contributed by atoms with E-state index in [0.717, 1.165) is 12.2 Å². The minimum absolute atomic E-state index is 0.0327. The molecule has 0 unspecified atom stereocenters. The van der Waals surface area contributed by atoms with Crippen LogP contribution in [0, 0.1) is 0 Å². The van der Waals surface area contributed by atoms with E-state index in [1.807, 2.05) is 6.92 Å². The van der Waals surface area contributed by atoms with Gasteiger partial charge in [0.15, 0.2) is 0 Å². The van der Waals surface area contributed by atoms with E-state index in [1.165, 1.54) is 30.4 Å². The van der Waals surface area contributed by atoms with E-state index < -0.39 is 23.9 Å². The van der Waals surface area contributed by atoms with E-state index in [2.05, 4.69) is 32.9 Å². The Hall–Kier alpha value is -5.38. The van der Waals surface area contributed by atoms with Crippen LogP contribution >= 0.6 is 0 Å². The number of rotatable bonds is 25. The first-order chi connectivity index (χ1) is 23.0. The topological polar surface area (TPSA) is 124 Å². The maximum absolute atomic E-state index is 12.8. The molecule has 0 saturated carbocycles. The minimum Gasteiger partial charge on any atom is -0.494 e. The zero-order valence-electron chi connectivity index (χ0n) is 28.3. The van der Waals surface area contributed by atoms with Crippen molar-refractivity contribution in [1.82, 2.24) is 0 Å². The van der Waals surface area contributed by atoms with Crippen LogP contribution < -0.4 is 0 Å². The molecule has 0 rings (SSSR count). The fourth-order valence-electron chi connectivity index (χ4n) is 3.16. The predicted molar refractivity (Wildman–Crippen MR) is 186 cm³/mol. The summed E-state index contributed by atoms with van der Waals surface area (Å²) in [4.78, 5) is 47.4. The number of hydrogen-bond donors (Lipinski definition) is 0. The Morgan fingerprint density at radius 3 is 1.50 bits per heavy atom. The van der Waals surface area contributed by atoms with Gasteiger partial charge in [-0.25, -0.2) is 19.2 Å². The number of esters is 4. The molecule has 0 aliphatic heterocycles. The van der Waals surface area contributed by atoms with Gasteiger partial charge in [0, 0.05) is 23.3 Å². The number of hydrogen-bond acceptors (Lipinski definition) is 10. The molecule has 0 bridgehead atoms. The van der Waals surface area contributed by atoms with Gasteiger partial charge in [0.1, 0.15) is 23.0 Å². The normalized spacial score (nSPS) is 12.4. The van der Waals surface area contributed by atoms with Gasteiger partial charge in [0.05, 0.1) is 26.4 Å². The van der Waals surface area contributed by atoms with E-state index in [4.69, 9.17) is 28.4 Å². The summed E-state index contributed by atoms with van der Waals surface area (Å²) in [5.41, 5.74) is 0.669. The summed E-state index contributed by atoms with van der Waals surface area (Å²) in [5.74, 6) is -0.960. The highest BCUT2D eigenvalue weighted by Gasteiger charge is 2.11. The first-order valence-corrected chi connectivity index (χ1v) is 15.4. The molecule has 0 aromatic heterocycles. The Morgan fingerprint density at radius 2 is 1.06 bits per heavy atom. The summed E-state index contributed by atoms with van der Waals surface area (Å²) in [6.45, 7) is 24.2. The Kier molecular flexibility index (Phi) is 23.8. The molecule has 10 heteroatoms. The smallest absolute Gasteiger partial charge is 0.339 e. The molecule has 0 atom stereocenters. The lowest BCUT2D eigenvalue weighted by atomic mass is 10.2. The van der Waals surface area contributed by atoms with Crippen molar-refractivity contribution in [2.24, 2.45) is 0 Å². The number of unbranched alkanes of at least 4 members (excludes halogenated alkanes) is 2. The monoisotopic (exact) mass is 664 g/mol. The van der Waals surface area contributed by atoms with Crippen LogP contribution in [0.15, 0.2) is 134 Å². The highest BCUT2D eigenvalue weighted by molar-refractivity contribution is 5.90. The van der Waals surface area contributed by atoms with Crippen molar-refractivity contribution in [3.05, 3.63) is 134 Å². The summed E-state index contributed by atoms with van der Waals surface area (Å²) in [6.07, 6.45) is 19.0. The number of carbonyl (C=O) groups is 4. The van der Waals surface area contributed by atoms with Crippen molar-refractivity contribution < 1.29 is 47.6 Å². The lowest BCUT2D eigenvalue weighted by Gasteiger charge is -2.08. The third-order valence-electron chi connectivity index (χ3n) is 5.90. The van der Waals surface area contributed by atoms with Crippen LogP contribution in [0.5, 0.6) is 0 Å². The maximum atomic E-state index is 12.8. The zero-order valence-corrected chi connectivity index (χ0v) is 28.3. The van der Waals surface area contributed by atoms with Crippen LogP contribution in [0.25, 0.3) is 0 Å². The van der Waals surface area contributed by atoms with E-state index in [0.29, 0.717) is 62.4 Å². The summed E-state index contributed by atoms with van der Waals surface area (Å²) in [6, 6.07) is 0. The fourth-order valence-corrected chi connectivity index (χ4v) is 3.16. The van der Waals surface area contributed by atoms with Gasteiger partial charge >= 0.3 is 23.9 Å². The Balaban J connectivity index is 4.98. The summed E-state index contributed by atoms with van der Waals surface area (Å²) < 4.78 is 31.9. The van der Waals surface area contributed by atoms with Gasteiger partial charge in [-0.1, -0.05) is 39.8 Å². The molecular weight excluding hydrogens is 616 g/mol. The van der Waals surface area contributed by atoms with Crippen LogP contribution in [0.1, 0.15) is 52.9 Å². The van der Waals surface area contributed by atoms with E-state index in [-0.39, 0.29) is 30.3 Å². The molecule has 0 fully saturated rings. The first kappa shape index (κ1) is 42.6. The Bertz CT molecular complexity index is 1330. The quantitative estimate of drug-likeness (QED) is 0.0242. The molecule has 0 saturated heterocycles. The van der Waals surface area contributed by atoms with Crippen molar-refractivity contribution in [3.8, 4) is 0 Å². The van der Waals surface area contributed by atoms with Gasteiger partial charge in [0.2, 0.25) is 0 Å². The third kappa shape index (κ3) is 20.6. The van der Waals surface area contributed by atoms with Gasteiger partial charge in [-0.05, 0) is 101 Å². The van der Waals surface area contributed by atoms with Gasteiger partial charge < -0.3 is 28.4 Å². The molecule has 0 aliphatic carbocycles. The van der Waals surface area contributed by atoms with Crippen molar-refractivity contribution >= 4 is 23.9 Å². The van der Waals surface area contributed by atoms with E-state index >= 15 is 0 Å². The highest BCUT2D eigenvalue weighted by Crippen LogP contribution is 2.13. The lowest BCUT2D eigenvalue weighted by molar-refractivity contribution is -0.138. The van der Waals surface area contributed by atoms with Gasteiger partial charge in [-0.2, -0.15) is 0 Å². The van der Waals surface area contributed by atoms with Crippen molar-refractivity contribution in [2.75, 3.05) is 26.4 Å². The maximum Gasteiger partial charge on any atom is 0.339 e. The van der Waals surface area contributed by atoms with Gasteiger partial charge in [-0.15, -0.1) is 0 Å². The molecule has 0 radical (unpaired) electrons. The van der Waals surface area contributed by atoms with Crippen LogP contribution in [0.3, 0.4) is 0 Å². The van der Waals surface area contributed by atoms with Crippen molar-refractivity contribution in [3.63, 3.8) is 0 Å². The predicted octanol–water partition coefficient (Wildman–Crippen LogP) is 7.52. The van der Waals surface area contributed by atoms with E-state index in [1.54, 1.807) is 38.2 Å². The number of ether oxygens (including phenoxy) is 6. The summed E-state index contributed by atoms with van der Waals surface area (Å²) in [7, 11) is 0. The van der Waals surface area contributed by atoms with Crippen LogP contribution in [0.2, 0.25) is 0 Å². The lowest BCUT2D eigenvalue weighted by Crippen LogP contribution is -2.07. The molecule has 0 heterocycles. The van der Waals surface area contributed by atoms with E-state index in [9.17, 15) is 19.2 Å². The second kappa shape index (κ2) is 26.8. The van der Waals surface area contributed by atoms with Crippen LogP contribution in [-0.4, -0.2) is 50.3 Å². The van der Waals surface area contributed by atoms with Crippen molar-refractivity contribution in [1.29, 1.82) is 0 Å². The Morgan fingerprint density at radius 1 is 0.583 bits per heavy atom. The van der Waals surface area contributed by atoms with Crippen LogP contribution in [-0.2, 0) is 47.6 Å². The standard InChI is InChI=1S/C38H48O10/c1-9-31(21-24-33(11-3)44-26-16-18-28-46-36(40)14-6)38(42)48-34(12-4)23-20-30(8)47-37(41)29(7)19-22-32(10-2)43-25-15-17-27-45-35(39)13-5/h10-14,19-24H,2-3,5-6,8-9,15-18,25-28H2,1,4,7H3/b23-20-,29-19+,31-21+,32-22+,33-24+,34-12-. The number of allylic oxidation sites excluding steroid dienone is 9. The molecule has 260 valence electrons. The molecule has 0 aliphatic rings. The second-order valence-electron chi connectivity index (χ2n) is 9.57. The molecule has 10 nitrogen and oxygen atoms in total. The second-order valence-corrected chi connectivity index (χ2v) is 9.57. The fraction of sp³-hybridized carbons (Fsp3) is 0.316.